The molecule has 0 bridgehead atoms. The number of hydrogen-bond acceptors (Lipinski definition) is 7. The van der Waals surface area contributed by atoms with Crippen molar-refractivity contribution in [3.05, 3.63) is 94.0 Å². The average molecular weight is 500 g/mol. The van der Waals surface area contributed by atoms with Gasteiger partial charge in [0.25, 0.3) is 11.6 Å². The van der Waals surface area contributed by atoms with Crippen molar-refractivity contribution in [2.24, 2.45) is 0 Å². The van der Waals surface area contributed by atoms with E-state index in [9.17, 15) is 19.7 Å². The summed E-state index contributed by atoms with van der Waals surface area (Å²) in [7, 11) is 0. The van der Waals surface area contributed by atoms with E-state index in [0.29, 0.717) is 53.7 Å². The third-order valence-electron chi connectivity index (χ3n) is 6.18. The summed E-state index contributed by atoms with van der Waals surface area (Å²) in [5.74, 6) is -0.454. The standard InChI is InChI=1S/C27H25N5O5/c33-24(17-31-12-14-37-15-13-31)28-19-6-8-20(9-7-19)29-26(18-4-2-1-3-5-18)25-22-16-21(32(35)36)10-11-23(22)30-27(25)34/h1-11,16,29H,12-15,17H2,(H,28,33)(H,30,34)/b26-25-. The SMILES string of the molecule is O=C(CN1CCOCC1)Nc1ccc(N/C(=C2\C(=O)Nc3ccc([N+](=O)[O-])cc32)c2ccccc2)cc1. The number of amides is 2. The van der Waals surface area contributed by atoms with E-state index in [1.807, 2.05) is 35.2 Å². The van der Waals surface area contributed by atoms with Gasteiger partial charge in [0, 0.05) is 47.8 Å². The second kappa shape index (κ2) is 10.6. The number of non-ortho nitro benzene ring substituents is 1. The molecule has 2 amide bonds. The Morgan fingerprint density at radius 3 is 2.32 bits per heavy atom. The van der Waals surface area contributed by atoms with Crippen molar-refractivity contribution < 1.29 is 19.2 Å². The second-order valence-electron chi connectivity index (χ2n) is 8.70. The molecule has 1 saturated heterocycles. The first-order valence-electron chi connectivity index (χ1n) is 11.8. The molecule has 3 aromatic carbocycles. The molecule has 0 aliphatic carbocycles. The van der Waals surface area contributed by atoms with Crippen LogP contribution in [-0.2, 0) is 14.3 Å². The third-order valence-corrected chi connectivity index (χ3v) is 6.18. The van der Waals surface area contributed by atoms with Crippen LogP contribution in [0.3, 0.4) is 0 Å². The minimum Gasteiger partial charge on any atom is -0.379 e. The van der Waals surface area contributed by atoms with Gasteiger partial charge in [0.2, 0.25) is 5.91 Å². The van der Waals surface area contributed by atoms with Crippen LogP contribution in [0.15, 0.2) is 72.8 Å². The zero-order chi connectivity index (χ0) is 25.8. The summed E-state index contributed by atoms with van der Waals surface area (Å²) in [6.45, 7) is 3.01. The molecule has 3 N–H and O–H groups in total. The molecule has 2 aliphatic heterocycles. The summed E-state index contributed by atoms with van der Waals surface area (Å²) >= 11 is 0. The molecule has 2 aliphatic rings. The van der Waals surface area contributed by atoms with Gasteiger partial charge in [-0.25, -0.2) is 0 Å². The molecule has 0 atom stereocenters. The quantitative estimate of drug-likeness (QED) is 0.256. The van der Waals surface area contributed by atoms with E-state index in [2.05, 4.69) is 16.0 Å². The lowest BCUT2D eigenvalue weighted by Crippen LogP contribution is -2.41. The summed E-state index contributed by atoms with van der Waals surface area (Å²) < 4.78 is 5.32. The normalized spacial score (nSPS) is 16.5. The predicted octanol–water partition coefficient (Wildman–Crippen LogP) is 3.80. The van der Waals surface area contributed by atoms with E-state index in [1.54, 1.807) is 24.3 Å². The molecule has 188 valence electrons. The van der Waals surface area contributed by atoms with E-state index >= 15 is 0 Å². The van der Waals surface area contributed by atoms with Crippen molar-refractivity contribution >= 4 is 45.8 Å². The smallest absolute Gasteiger partial charge is 0.270 e. The van der Waals surface area contributed by atoms with Crippen LogP contribution in [0, 0.1) is 10.1 Å². The van der Waals surface area contributed by atoms with E-state index in [4.69, 9.17) is 4.74 Å². The number of morpholine rings is 1. The van der Waals surface area contributed by atoms with Gasteiger partial charge in [0.05, 0.1) is 36.0 Å². The number of benzene rings is 3. The lowest BCUT2D eigenvalue weighted by molar-refractivity contribution is -0.384. The Morgan fingerprint density at radius 2 is 1.65 bits per heavy atom. The molecule has 37 heavy (non-hydrogen) atoms. The van der Waals surface area contributed by atoms with Gasteiger partial charge in [0.15, 0.2) is 0 Å². The third kappa shape index (κ3) is 5.50. The van der Waals surface area contributed by atoms with Crippen LogP contribution in [0.1, 0.15) is 11.1 Å². The highest BCUT2D eigenvalue weighted by molar-refractivity contribution is 6.37. The molecule has 3 aromatic rings. The largest absolute Gasteiger partial charge is 0.379 e. The van der Waals surface area contributed by atoms with Crippen molar-refractivity contribution in [2.45, 2.75) is 0 Å². The van der Waals surface area contributed by atoms with Crippen molar-refractivity contribution in [1.82, 2.24) is 4.90 Å². The summed E-state index contributed by atoms with van der Waals surface area (Å²) in [6.07, 6.45) is 0. The number of hydrogen-bond donors (Lipinski definition) is 3. The Balaban J connectivity index is 1.41. The number of nitrogens with one attached hydrogen (secondary N) is 3. The van der Waals surface area contributed by atoms with Gasteiger partial charge < -0.3 is 20.7 Å². The van der Waals surface area contributed by atoms with Crippen molar-refractivity contribution in [3.8, 4) is 0 Å². The van der Waals surface area contributed by atoms with Gasteiger partial charge in [-0.2, -0.15) is 0 Å². The van der Waals surface area contributed by atoms with Gasteiger partial charge in [-0.3, -0.25) is 24.6 Å². The summed E-state index contributed by atoms with van der Waals surface area (Å²) in [5.41, 5.74) is 3.78. The maximum absolute atomic E-state index is 13.0. The van der Waals surface area contributed by atoms with E-state index in [1.165, 1.54) is 18.2 Å². The Morgan fingerprint density at radius 1 is 0.973 bits per heavy atom. The van der Waals surface area contributed by atoms with Gasteiger partial charge in [-0.15, -0.1) is 0 Å². The fourth-order valence-corrected chi connectivity index (χ4v) is 4.34. The Labute approximate surface area is 213 Å². The first kappa shape index (κ1) is 24.2. The number of anilines is 3. The van der Waals surface area contributed by atoms with Gasteiger partial charge >= 0.3 is 0 Å². The summed E-state index contributed by atoms with van der Waals surface area (Å²) in [4.78, 5) is 38.4. The van der Waals surface area contributed by atoms with Crippen LogP contribution in [0.25, 0.3) is 11.3 Å². The molecule has 2 heterocycles. The number of carbonyl (C=O) groups is 2. The minimum absolute atomic E-state index is 0.0997. The molecule has 0 saturated carbocycles. The maximum atomic E-state index is 13.0. The Hall–Kier alpha value is -4.54. The monoisotopic (exact) mass is 499 g/mol. The number of nitro benzene ring substituents is 1. The first-order valence-corrected chi connectivity index (χ1v) is 11.8. The van der Waals surface area contributed by atoms with Crippen LogP contribution < -0.4 is 16.0 Å². The number of rotatable bonds is 7. The molecular weight excluding hydrogens is 474 g/mol. The van der Waals surface area contributed by atoms with Crippen LogP contribution in [0.2, 0.25) is 0 Å². The molecule has 1 fully saturated rings. The lowest BCUT2D eigenvalue weighted by atomic mass is 9.99. The number of fused-ring (bicyclic) bond motifs is 1. The van der Waals surface area contributed by atoms with E-state index in [-0.39, 0.29) is 17.5 Å². The van der Waals surface area contributed by atoms with Crippen LogP contribution in [0.4, 0.5) is 22.7 Å². The fraction of sp³-hybridized carbons (Fsp3) is 0.185. The molecule has 5 rings (SSSR count). The highest BCUT2D eigenvalue weighted by atomic mass is 16.6. The van der Waals surface area contributed by atoms with Crippen molar-refractivity contribution in [3.63, 3.8) is 0 Å². The topological polar surface area (TPSA) is 126 Å². The minimum atomic E-state index is -0.484. The molecule has 0 unspecified atom stereocenters. The molecule has 0 aromatic heterocycles. The van der Waals surface area contributed by atoms with Crippen molar-refractivity contribution in [1.29, 1.82) is 0 Å². The fourth-order valence-electron chi connectivity index (χ4n) is 4.34. The van der Waals surface area contributed by atoms with Gasteiger partial charge in [0.1, 0.15) is 0 Å². The van der Waals surface area contributed by atoms with E-state index < -0.39 is 4.92 Å². The maximum Gasteiger partial charge on any atom is 0.270 e. The molecule has 0 spiro atoms. The Kier molecular flexibility index (Phi) is 6.93. The molecular formula is C27H25N5O5. The second-order valence-corrected chi connectivity index (χ2v) is 8.70. The molecule has 0 radical (unpaired) electrons. The molecule has 10 nitrogen and oxygen atoms in total. The van der Waals surface area contributed by atoms with E-state index in [0.717, 1.165) is 18.7 Å². The number of ether oxygens (including phenoxy) is 1. The number of nitro groups is 1. The predicted molar refractivity (Wildman–Crippen MR) is 141 cm³/mol. The lowest BCUT2D eigenvalue weighted by Gasteiger charge is -2.25. The number of nitrogens with zero attached hydrogens (tertiary/aromatic N) is 2. The van der Waals surface area contributed by atoms with Crippen LogP contribution in [-0.4, -0.2) is 54.5 Å². The zero-order valence-corrected chi connectivity index (χ0v) is 19.9. The average Bonchev–Trinajstić information content (AvgIpc) is 3.24. The van der Waals surface area contributed by atoms with Crippen molar-refractivity contribution in [2.75, 3.05) is 48.8 Å². The zero-order valence-electron chi connectivity index (χ0n) is 19.9. The Bertz CT molecular complexity index is 1370. The van der Waals surface area contributed by atoms with Gasteiger partial charge in [-0.05, 0) is 35.9 Å². The molecule has 10 heteroatoms. The summed E-state index contributed by atoms with van der Waals surface area (Å²) in [6, 6.07) is 20.8. The highest BCUT2D eigenvalue weighted by Gasteiger charge is 2.30. The number of carbonyl (C=O) groups excluding carboxylic acids is 2. The highest BCUT2D eigenvalue weighted by Crippen LogP contribution is 2.39. The van der Waals surface area contributed by atoms with Crippen LogP contribution >= 0.6 is 0 Å². The summed E-state index contributed by atoms with van der Waals surface area (Å²) in [5, 5.41) is 20.4. The first-order chi connectivity index (χ1) is 18.0. The van der Waals surface area contributed by atoms with Gasteiger partial charge in [-0.1, -0.05) is 30.3 Å². The van der Waals surface area contributed by atoms with Crippen LogP contribution in [0.5, 0.6) is 0 Å².